The molecule has 1 aliphatic carbocycles. The lowest BCUT2D eigenvalue weighted by molar-refractivity contribution is 0.0617. The van der Waals surface area contributed by atoms with Crippen LogP contribution in [0, 0.1) is 0 Å². The third-order valence-corrected chi connectivity index (χ3v) is 4.50. The normalized spacial score (nSPS) is 19.0. The Morgan fingerprint density at radius 3 is 2.74 bits per heavy atom. The number of aromatic nitrogens is 2. The van der Waals surface area contributed by atoms with Crippen molar-refractivity contribution in [3.05, 3.63) is 47.6 Å². The Morgan fingerprint density at radius 2 is 2.04 bits per heavy atom. The number of hydrogen-bond donors (Lipinski definition) is 0. The van der Waals surface area contributed by atoms with E-state index in [1.807, 2.05) is 35.4 Å². The van der Waals surface area contributed by atoms with Gasteiger partial charge in [0.1, 0.15) is 5.76 Å². The number of hydrogen-bond acceptors (Lipinski definition) is 5. The number of carbonyl (C=O) groups is 1. The molecule has 0 unspecified atom stereocenters. The maximum absolute atomic E-state index is 12.5. The van der Waals surface area contributed by atoms with E-state index in [1.165, 1.54) is 0 Å². The van der Waals surface area contributed by atoms with Crippen LogP contribution >= 0.6 is 0 Å². The van der Waals surface area contributed by atoms with Crippen molar-refractivity contribution < 1.29 is 9.32 Å². The van der Waals surface area contributed by atoms with E-state index in [0.717, 1.165) is 57.0 Å². The molecule has 2 fully saturated rings. The summed E-state index contributed by atoms with van der Waals surface area (Å²) in [7, 11) is 0. The van der Waals surface area contributed by atoms with Crippen LogP contribution in [0.3, 0.4) is 0 Å². The molecule has 3 heterocycles. The molecule has 2 aromatic heterocycles. The molecule has 6 nitrogen and oxygen atoms in total. The first-order chi connectivity index (χ1) is 11.3. The molecular weight excluding hydrogens is 292 g/mol. The van der Waals surface area contributed by atoms with Crippen LogP contribution in [0.15, 0.2) is 35.0 Å². The van der Waals surface area contributed by atoms with E-state index in [4.69, 9.17) is 4.52 Å². The highest BCUT2D eigenvalue weighted by Gasteiger charge is 2.30. The van der Waals surface area contributed by atoms with E-state index in [0.29, 0.717) is 11.6 Å². The Bertz CT molecular complexity index is 673. The highest BCUT2D eigenvalue weighted by Crippen LogP contribution is 2.40. The first-order valence-corrected chi connectivity index (χ1v) is 8.18. The fraction of sp³-hybridized carbons (Fsp3) is 0.471. The van der Waals surface area contributed by atoms with Crippen LogP contribution in [-0.4, -0.2) is 52.0 Å². The van der Waals surface area contributed by atoms with E-state index in [2.05, 4.69) is 15.0 Å². The van der Waals surface area contributed by atoms with Crippen LogP contribution in [0.1, 0.15) is 40.7 Å². The van der Waals surface area contributed by atoms with Crippen molar-refractivity contribution in [3.8, 4) is 0 Å². The molecule has 6 heteroatoms. The molecule has 0 spiro atoms. The Kier molecular flexibility index (Phi) is 3.83. The molecule has 23 heavy (non-hydrogen) atoms. The summed E-state index contributed by atoms with van der Waals surface area (Å²) in [5.41, 5.74) is 1.52. The van der Waals surface area contributed by atoms with Crippen molar-refractivity contribution >= 4 is 5.91 Å². The molecule has 120 valence electrons. The standard InChI is InChI=1S/C17H20N4O2/c22-17(15-11-16(23-19-15)13-4-5-13)21-9-7-20(8-10-21)12-14-3-1-2-6-18-14/h1-3,6,11,13H,4-5,7-10,12H2. The third kappa shape index (κ3) is 3.27. The molecule has 1 aliphatic heterocycles. The Morgan fingerprint density at radius 1 is 1.22 bits per heavy atom. The lowest BCUT2D eigenvalue weighted by Crippen LogP contribution is -2.48. The van der Waals surface area contributed by atoms with E-state index in [9.17, 15) is 4.79 Å². The average molecular weight is 312 g/mol. The highest BCUT2D eigenvalue weighted by atomic mass is 16.5. The van der Waals surface area contributed by atoms with Gasteiger partial charge in [0.25, 0.3) is 5.91 Å². The van der Waals surface area contributed by atoms with E-state index in [1.54, 1.807) is 0 Å². The van der Waals surface area contributed by atoms with Crippen molar-refractivity contribution in [2.45, 2.75) is 25.3 Å². The molecule has 1 saturated carbocycles. The fourth-order valence-electron chi connectivity index (χ4n) is 2.94. The van der Waals surface area contributed by atoms with Gasteiger partial charge in [-0.05, 0) is 25.0 Å². The van der Waals surface area contributed by atoms with Crippen LogP contribution in [0.2, 0.25) is 0 Å². The molecule has 0 aromatic carbocycles. The van der Waals surface area contributed by atoms with Crippen molar-refractivity contribution in [2.24, 2.45) is 0 Å². The topological polar surface area (TPSA) is 62.5 Å². The summed E-state index contributed by atoms with van der Waals surface area (Å²) < 4.78 is 5.28. The summed E-state index contributed by atoms with van der Waals surface area (Å²) in [6.45, 7) is 3.98. The number of nitrogens with zero attached hydrogens (tertiary/aromatic N) is 4. The predicted octanol–water partition coefficient (Wildman–Crippen LogP) is 1.91. The van der Waals surface area contributed by atoms with Gasteiger partial charge in [0, 0.05) is 50.9 Å². The Labute approximate surface area is 135 Å². The lowest BCUT2D eigenvalue weighted by Gasteiger charge is -2.34. The van der Waals surface area contributed by atoms with Gasteiger partial charge < -0.3 is 9.42 Å². The van der Waals surface area contributed by atoms with Crippen LogP contribution in [0.4, 0.5) is 0 Å². The molecule has 0 bridgehead atoms. The summed E-state index contributed by atoms with van der Waals surface area (Å²) in [4.78, 5) is 21.0. The highest BCUT2D eigenvalue weighted by molar-refractivity contribution is 5.92. The van der Waals surface area contributed by atoms with E-state index >= 15 is 0 Å². The molecule has 4 rings (SSSR count). The number of piperazine rings is 1. The number of pyridine rings is 1. The van der Waals surface area contributed by atoms with Gasteiger partial charge in [-0.2, -0.15) is 0 Å². The summed E-state index contributed by atoms with van der Waals surface area (Å²) in [5, 5.41) is 3.95. The minimum absolute atomic E-state index is 0.0156. The third-order valence-electron chi connectivity index (χ3n) is 4.50. The molecule has 1 amide bonds. The van der Waals surface area contributed by atoms with Crippen molar-refractivity contribution in [1.82, 2.24) is 19.9 Å². The minimum atomic E-state index is -0.0156. The second-order valence-corrected chi connectivity index (χ2v) is 6.28. The number of amides is 1. The molecule has 0 N–H and O–H groups in total. The van der Waals surface area contributed by atoms with Gasteiger partial charge in [-0.3, -0.25) is 14.7 Å². The van der Waals surface area contributed by atoms with Crippen LogP contribution in [-0.2, 0) is 6.54 Å². The zero-order valence-corrected chi connectivity index (χ0v) is 13.0. The largest absolute Gasteiger partial charge is 0.360 e. The molecule has 0 radical (unpaired) electrons. The van der Waals surface area contributed by atoms with Gasteiger partial charge >= 0.3 is 0 Å². The molecule has 1 saturated heterocycles. The van der Waals surface area contributed by atoms with Crippen molar-refractivity contribution in [2.75, 3.05) is 26.2 Å². The molecule has 0 atom stereocenters. The predicted molar refractivity (Wildman–Crippen MR) is 83.9 cm³/mol. The zero-order chi connectivity index (χ0) is 15.6. The molecule has 2 aliphatic rings. The Hall–Kier alpha value is -2.21. The SMILES string of the molecule is O=C(c1cc(C2CC2)on1)N1CCN(Cc2ccccn2)CC1. The summed E-state index contributed by atoms with van der Waals surface area (Å²) in [6, 6.07) is 7.78. The average Bonchev–Trinajstić information content (AvgIpc) is 3.33. The summed E-state index contributed by atoms with van der Waals surface area (Å²) in [5.74, 6) is 1.33. The Balaban J connectivity index is 1.32. The number of rotatable bonds is 4. The minimum Gasteiger partial charge on any atom is -0.360 e. The monoisotopic (exact) mass is 312 g/mol. The van der Waals surface area contributed by atoms with E-state index in [-0.39, 0.29) is 5.91 Å². The summed E-state index contributed by atoms with van der Waals surface area (Å²) in [6.07, 6.45) is 4.11. The smallest absolute Gasteiger partial charge is 0.276 e. The van der Waals surface area contributed by atoms with Crippen molar-refractivity contribution in [1.29, 1.82) is 0 Å². The van der Waals surface area contributed by atoms with E-state index < -0.39 is 0 Å². The fourth-order valence-corrected chi connectivity index (χ4v) is 2.94. The number of carbonyl (C=O) groups excluding carboxylic acids is 1. The summed E-state index contributed by atoms with van der Waals surface area (Å²) >= 11 is 0. The van der Waals surface area contributed by atoms with Gasteiger partial charge in [0.15, 0.2) is 5.69 Å². The molecular formula is C17H20N4O2. The van der Waals surface area contributed by atoms with Gasteiger partial charge in [0.05, 0.1) is 5.69 Å². The van der Waals surface area contributed by atoms with Crippen molar-refractivity contribution in [3.63, 3.8) is 0 Å². The first kappa shape index (κ1) is 14.4. The van der Waals surface area contributed by atoms with Gasteiger partial charge in [0.2, 0.25) is 0 Å². The van der Waals surface area contributed by atoms with Crippen LogP contribution in [0.25, 0.3) is 0 Å². The maximum atomic E-state index is 12.5. The van der Waals surface area contributed by atoms with Crippen LogP contribution in [0.5, 0.6) is 0 Å². The van der Waals surface area contributed by atoms with Gasteiger partial charge in [-0.25, -0.2) is 0 Å². The second kappa shape index (κ2) is 6.12. The lowest BCUT2D eigenvalue weighted by atomic mass is 10.2. The van der Waals surface area contributed by atoms with Gasteiger partial charge in [-0.15, -0.1) is 0 Å². The molecule has 2 aromatic rings. The van der Waals surface area contributed by atoms with Gasteiger partial charge in [-0.1, -0.05) is 11.2 Å². The quantitative estimate of drug-likeness (QED) is 0.863. The second-order valence-electron chi connectivity index (χ2n) is 6.28. The maximum Gasteiger partial charge on any atom is 0.276 e. The zero-order valence-electron chi connectivity index (χ0n) is 13.0. The van der Waals surface area contributed by atoms with Crippen LogP contribution < -0.4 is 0 Å². The first-order valence-electron chi connectivity index (χ1n) is 8.18.